The van der Waals surface area contributed by atoms with Crippen LogP contribution in [-0.4, -0.2) is 17.0 Å². The Labute approximate surface area is 80.4 Å². The van der Waals surface area contributed by atoms with Crippen LogP contribution in [0.2, 0.25) is 0 Å². The van der Waals surface area contributed by atoms with Gasteiger partial charge >= 0.3 is 11.9 Å². The molecule has 4 heteroatoms. The number of carbonyl (C=O) groups is 2. The Morgan fingerprint density at radius 3 is 2.36 bits per heavy atom. The molecule has 0 aliphatic carbocycles. The summed E-state index contributed by atoms with van der Waals surface area (Å²) in [5.74, 6) is -1.51. The van der Waals surface area contributed by atoms with Gasteiger partial charge in [-0.1, -0.05) is 18.2 Å². The minimum absolute atomic E-state index is 0.382. The van der Waals surface area contributed by atoms with Crippen molar-refractivity contribution in [2.75, 3.05) is 0 Å². The maximum absolute atomic E-state index is 10.9. The molecule has 0 spiro atoms. The molecule has 1 N–H and O–H groups in total. The second-order valence-electron chi connectivity index (χ2n) is 2.41. The number of hydrogen-bond acceptors (Lipinski definition) is 3. The van der Waals surface area contributed by atoms with Gasteiger partial charge in [-0.25, -0.2) is 9.59 Å². The fourth-order valence-electron chi connectivity index (χ4n) is 0.778. The first-order valence-corrected chi connectivity index (χ1v) is 3.86. The number of para-hydroxylation sites is 1. The minimum atomic E-state index is -1.19. The molecule has 4 nitrogen and oxygen atoms in total. The summed E-state index contributed by atoms with van der Waals surface area (Å²) in [6, 6.07) is 8.41. The summed E-state index contributed by atoms with van der Waals surface area (Å²) in [5, 5.41) is 8.23. The molecule has 0 fully saturated rings. The van der Waals surface area contributed by atoms with Crippen LogP contribution in [0.4, 0.5) is 0 Å². The monoisotopic (exact) mass is 192 g/mol. The highest BCUT2D eigenvalue weighted by atomic mass is 16.5. The van der Waals surface area contributed by atoms with Gasteiger partial charge in [0.1, 0.15) is 5.75 Å². The largest absolute Gasteiger partial charge is 0.478 e. The van der Waals surface area contributed by atoms with Crippen molar-refractivity contribution in [1.82, 2.24) is 0 Å². The molecule has 0 heterocycles. The van der Waals surface area contributed by atoms with Gasteiger partial charge in [-0.05, 0) is 12.1 Å². The van der Waals surface area contributed by atoms with E-state index in [-0.39, 0.29) is 0 Å². The quantitative estimate of drug-likeness (QED) is 0.444. The summed E-state index contributed by atoms with van der Waals surface area (Å²) in [4.78, 5) is 21.0. The maximum atomic E-state index is 10.9. The van der Waals surface area contributed by atoms with Crippen LogP contribution in [-0.2, 0) is 9.59 Å². The van der Waals surface area contributed by atoms with Crippen molar-refractivity contribution in [3.8, 4) is 5.75 Å². The van der Waals surface area contributed by atoms with Gasteiger partial charge in [0.2, 0.25) is 0 Å². The van der Waals surface area contributed by atoms with Gasteiger partial charge in [0.25, 0.3) is 0 Å². The average Bonchev–Trinajstić information content (AvgIpc) is 2.16. The Kier molecular flexibility index (Phi) is 3.43. The van der Waals surface area contributed by atoms with Crippen molar-refractivity contribution >= 4 is 11.9 Å². The molecule has 1 rings (SSSR count). The highest BCUT2D eigenvalue weighted by molar-refractivity contribution is 5.91. The molecule has 1 aromatic rings. The lowest BCUT2D eigenvalue weighted by atomic mass is 10.3. The Hall–Kier alpha value is -2.10. The molecular formula is C10H8O4. The summed E-state index contributed by atoms with van der Waals surface area (Å²) >= 11 is 0. The second-order valence-corrected chi connectivity index (χ2v) is 2.41. The topological polar surface area (TPSA) is 63.6 Å². The Bertz CT molecular complexity index is 354. The zero-order valence-electron chi connectivity index (χ0n) is 7.21. The third kappa shape index (κ3) is 3.53. The molecule has 72 valence electrons. The average molecular weight is 192 g/mol. The lowest BCUT2D eigenvalue weighted by Crippen LogP contribution is -2.04. The molecule has 0 amide bonds. The lowest BCUT2D eigenvalue weighted by Gasteiger charge is -1.98. The summed E-state index contributed by atoms with van der Waals surface area (Å²) in [6.07, 6.45) is 1.58. The Morgan fingerprint density at radius 1 is 1.14 bits per heavy atom. The third-order valence-electron chi connectivity index (χ3n) is 1.32. The van der Waals surface area contributed by atoms with Crippen LogP contribution in [0, 0.1) is 0 Å². The molecule has 0 unspecified atom stereocenters. The fourth-order valence-corrected chi connectivity index (χ4v) is 0.778. The molecular weight excluding hydrogens is 184 g/mol. The van der Waals surface area contributed by atoms with E-state index in [0.717, 1.165) is 12.2 Å². The smallest absolute Gasteiger partial charge is 0.336 e. The van der Waals surface area contributed by atoms with Gasteiger partial charge in [0, 0.05) is 12.2 Å². The Balaban J connectivity index is 2.54. The van der Waals surface area contributed by atoms with Crippen molar-refractivity contribution in [3.63, 3.8) is 0 Å². The van der Waals surface area contributed by atoms with Crippen molar-refractivity contribution in [2.24, 2.45) is 0 Å². The first kappa shape index (κ1) is 9.98. The number of aliphatic carboxylic acids is 1. The zero-order chi connectivity index (χ0) is 10.4. The number of esters is 1. The predicted octanol–water partition coefficient (Wildman–Crippen LogP) is 1.23. The second kappa shape index (κ2) is 4.81. The number of carboxylic acids is 1. The van der Waals surface area contributed by atoms with Crippen molar-refractivity contribution in [2.45, 2.75) is 0 Å². The van der Waals surface area contributed by atoms with Crippen molar-refractivity contribution in [3.05, 3.63) is 42.5 Å². The summed E-state index contributed by atoms with van der Waals surface area (Å²) in [5.41, 5.74) is 0. The predicted molar refractivity (Wildman–Crippen MR) is 48.9 cm³/mol. The van der Waals surface area contributed by atoms with Crippen LogP contribution < -0.4 is 4.74 Å². The summed E-state index contributed by atoms with van der Waals surface area (Å²) in [6.45, 7) is 0. The number of ether oxygens (including phenoxy) is 1. The van der Waals surface area contributed by atoms with Crippen LogP contribution in [0.5, 0.6) is 5.75 Å². The highest BCUT2D eigenvalue weighted by Crippen LogP contribution is 2.08. The van der Waals surface area contributed by atoms with Crippen molar-refractivity contribution < 1.29 is 19.4 Å². The van der Waals surface area contributed by atoms with E-state index in [0.29, 0.717) is 5.75 Å². The van der Waals surface area contributed by atoms with E-state index in [4.69, 9.17) is 9.84 Å². The number of hydrogen-bond donors (Lipinski definition) is 1. The SMILES string of the molecule is O=C(O)/C=C/C(=O)Oc1ccccc1. The molecule has 14 heavy (non-hydrogen) atoms. The molecule has 0 bridgehead atoms. The number of carbonyl (C=O) groups excluding carboxylic acids is 1. The number of benzene rings is 1. The van der Waals surface area contributed by atoms with E-state index in [9.17, 15) is 9.59 Å². The van der Waals surface area contributed by atoms with E-state index in [1.54, 1.807) is 30.3 Å². The minimum Gasteiger partial charge on any atom is -0.478 e. The van der Waals surface area contributed by atoms with Crippen LogP contribution in [0.1, 0.15) is 0 Å². The molecule has 0 saturated heterocycles. The van der Waals surface area contributed by atoms with Gasteiger partial charge in [0.15, 0.2) is 0 Å². The third-order valence-corrected chi connectivity index (χ3v) is 1.32. The van der Waals surface area contributed by atoms with Gasteiger partial charge in [0.05, 0.1) is 0 Å². The summed E-state index contributed by atoms with van der Waals surface area (Å²) < 4.78 is 4.78. The van der Waals surface area contributed by atoms with Gasteiger partial charge in [-0.2, -0.15) is 0 Å². The zero-order valence-corrected chi connectivity index (χ0v) is 7.21. The highest BCUT2D eigenvalue weighted by Gasteiger charge is 1.99. The molecule has 0 saturated carbocycles. The molecule has 0 aliphatic heterocycles. The van der Waals surface area contributed by atoms with Gasteiger partial charge in [-0.15, -0.1) is 0 Å². The van der Waals surface area contributed by atoms with Crippen LogP contribution in [0.15, 0.2) is 42.5 Å². The molecule has 0 aliphatic rings. The molecule has 0 atom stereocenters. The van der Waals surface area contributed by atoms with E-state index in [2.05, 4.69) is 0 Å². The molecule has 0 aromatic heterocycles. The van der Waals surface area contributed by atoms with Crippen molar-refractivity contribution in [1.29, 1.82) is 0 Å². The maximum Gasteiger partial charge on any atom is 0.336 e. The van der Waals surface area contributed by atoms with Crippen LogP contribution in [0.25, 0.3) is 0 Å². The van der Waals surface area contributed by atoms with Gasteiger partial charge in [-0.3, -0.25) is 0 Å². The van der Waals surface area contributed by atoms with E-state index in [1.165, 1.54) is 0 Å². The van der Waals surface area contributed by atoms with E-state index < -0.39 is 11.9 Å². The first-order valence-electron chi connectivity index (χ1n) is 3.86. The van der Waals surface area contributed by atoms with E-state index in [1.807, 2.05) is 0 Å². The summed E-state index contributed by atoms with van der Waals surface area (Å²) in [7, 11) is 0. The van der Waals surface area contributed by atoms with Crippen LogP contribution >= 0.6 is 0 Å². The lowest BCUT2D eigenvalue weighted by molar-refractivity contribution is -0.133. The first-order chi connectivity index (χ1) is 6.68. The molecule has 0 radical (unpaired) electrons. The standard InChI is InChI=1S/C10H8O4/c11-9(12)6-7-10(13)14-8-4-2-1-3-5-8/h1-7H,(H,11,12)/b7-6+. The Morgan fingerprint density at radius 2 is 1.79 bits per heavy atom. The molecule has 1 aromatic carbocycles. The van der Waals surface area contributed by atoms with Gasteiger partial charge < -0.3 is 9.84 Å². The number of rotatable bonds is 3. The normalized spacial score (nSPS) is 10.0. The van der Waals surface area contributed by atoms with E-state index >= 15 is 0 Å². The van der Waals surface area contributed by atoms with Crippen LogP contribution in [0.3, 0.4) is 0 Å². The fraction of sp³-hybridized carbons (Fsp3) is 0. The number of carboxylic acid groups (broad SMARTS) is 1.